The van der Waals surface area contributed by atoms with Crippen LogP contribution < -0.4 is 10.1 Å². The van der Waals surface area contributed by atoms with Crippen molar-refractivity contribution in [1.29, 1.82) is 0 Å². The lowest BCUT2D eigenvalue weighted by Gasteiger charge is -2.05. The summed E-state index contributed by atoms with van der Waals surface area (Å²) in [5.74, 6) is 1.42. The molecule has 1 heterocycles. The molecule has 0 saturated carbocycles. The lowest BCUT2D eigenvalue weighted by molar-refractivity contribution is 0.302. The predicted molar refractivity (Wildman–Crippen MR) is 75.6 cm³/mol. The first-order chi connectivity index (χ1) is 9.81. The Morgan fingerprint density at radius 3 is 2.50 bits per heavy atom. The monoisotopic (exact) mass is 267 g/mol. The highest BCUT2D eigenvalue weighted by molar-refractivity contribution is 5.78. The Labute approximate surface area is 115 Å². The highest BCUT2D eigenvalue weighted by atomic mass is 16.5. The fourth-order valence-electron chi connectivity index (χ4n) is 2.10. The normalized spacial score (nSPS) is 11.8. The van der Waals surface area contributed by atoms with Gasteiger partial charge in [-0.3, -0.25) is 0 Å². The van der Waals surface area contributed by atoms with E-state index in [-0.39, 0.29) is 0 Å². The van der Waals surface area contributed by atoms with Gasteiger partial charge >= 0.3 is 0 Å². The zero-order valence-electron chi connectivity index (χ0n) is 10.9. The van der Waals surface area contributed by atoms with E-state index in [9.17, 15) is 0 Å². The van der Waals surface area contributed by atoms with E-state index in [0.717, 1.165) is 16.7 Å². The van der Waals surface area contributed by atoms with Gasteiger partial charge in [0.2, 0.25) is 0 Å². The van der Waals surface area contributed by atoms with E-state index in [2.05, 4.69) is 5.16 Å². The molecule has 2 aromatic carbocycles. The Balaban J connectivity index is 2.21. The van der Waals surface area contributed by atoms with Crippen LogP contribution in [0.4, 0.5) is 0 Å². The summed E-state index contributed by atoms with van der Waals surface area (Å²) >= 11 is 0. The third kappa shape index (κ3) is 2.12. The van der Waals surface area contributed by atoms with E-state index in [0.29, 0.717) is 16.7 Å². The van der Waals surface area contributed by atoms with Crippen LogP contribution in [0.15, 0.2) is 64.2 Å². The molecule has 0 saturated heterocycles. The highest BCUT2D eigenvalue weighted by Gasteiger charge is 2.06. The molecule has 3 aromatic rings. The van der Waals surface area contributed by atoms with Crippen LogP contribution in [0.3, 0.4) is 0 Å². The molecule has 1 N–H and O–H groups in total. The molecular formula is C16H13NO3. The number of methoxy groups -OCH3 is 1. The van der Waals surface area contributed by atoms with Crippen LogP contribution in [0.1, 0.15) is 0 Å². The molecule has 1 aromatic heterocycles. The van der Waals surface area contributed by atoms with Gasteiger partial charge in [0, 0.05) is 17.0 Å². The number of ether oxygens (including phenoxy) is 1. The fraction of sp³-hybridized carbons (Fsp3) is 0.0625. The average molecular weight is 267 g/mol. The van der Waals surface area contributed by atoms with Crippen molar-refractivity contribution in [2.75, 3.05) is 7.11 Å². The topological polar surface area (TPSA) is 55.0 Å². The van der Waals surface area contributed by atoms with Crippen molar-refractivity contribution in [1.82, 2.24) is 0 Å². The van der Waals surface area contributed by atoms with Gasteiger partial charge in [0.25, 0.3) is 0 Å². The molecule has 0 aliphatic heterocycles. The highest BCUT2D eigenvalue weighted by Crippen LogP contribution is 2.24. The second-order valence-electron chi connectivity index (χ2n) is 4.32. The molecule has 0 fully saturated rings. The summed E-state index contributed by atoms with van der Waals surface area (Å²) in [5, 5.41) is 13.7. The van der Waals surface area contributed by atoms with Crippen molar-refractivity contribution in [2.45, 2.75) is 0 Å². The van der Waals surface area contributed by atoms with Crippen LogP contribution in [0.25, 0.3) is 22.3 Å². The first-order valence-electron chi connectivity index (χ1n) is 6.17. The minimum Gasteiger partial charge on any atom is -0.497 e. The number of hydrogen-bond acceptors (Lipinski definition) is 4. The van der Waals surface area contributed by atoms with E-state index in [1.807, 2.05) is 48.5 Å². The van der Waals surface area contributed by atoms with E-state index >= 15 is 0 Å². The largest absolute Gasteiger partial charge is 0.497 e. The number of benzene rings is 2. The number of rotatable bonds is 2. The van der Waals surface area contributed by atoms with Gasteiger partial charge in [-0.1, -0.05) is 17.3 Å². The summed E-state index contributed by atoms with van der Waals surface area (Å²) in [6.07, 6.45) is 0. The maximum atomic E-state index is 9.15. The molecule has 0 unspecified atom stereocenters. The summed E-state index contributed by atoms with van der Waals surface area (Å²) in [7, 11) is 1.62. The van der Waals surface area contributed by atoms with E-state index in [1.165, 1.54) is 0 Å². The van der Waals surface area contributed by atoms with E-state index in [1.54, 1.807) is 13.2 Å². The minimum absolute atomic E-state index is 0.484. The quantitative estimate of drug-likeness (QED) is 0.572. The molecule has 4 nitrogen and oxygen atoms in total. The molecule has 0 atom stereocenters. The molecule has 3 rings (SSSR count). The summed E-state index contributed by atoms with van der Waals surface area (Å²) in [6, 6.07) is 16.7. The molecule has 100 valence electrons. The van der Waals surface area contributed by atoms with Gasteiger partial charge in [0.15, 0.2) is 0 Å². The Morgan fingerprint density at radius 2 is 1.80 bits per heavy atom. The summed E-state index contributed by atoms with van der Waals surface area (Å²) < 4.78 is 11.0. The smallest absolute Gasteiger partial charge is 0.136 e. The van der Waals surface area contributed by atoms with Crippen LogP contribution in [-0.4, -0.2) is 12.3 Å². The molecule has 0 amide bonds. The van der Waals surface area contributed by atoms with Gasteiger partial charge in [-0.25, -0.2) is 0 Å². The van der Waals surface area contributed by atoms with Crippen molar-refractivity contribution < 1.29 is 14.4 Å². The molecule has 0 spiro atoms. The summed E-state index contributed by atoms with van der Waals surface area (Å²) in [4.78, 5) is 0. The van der Waals surface area contributed by atoms with Crippen LogP contribution in [0.5, 0.6) is 5.75 Å². The zero-order valence-corrected chi connectivity index (χ0v) is 10.9. The third-order valence-electron chi connectivity index (χ3n) is 3.13. The summed E-state index contributed by atoms with van der Waals surface area (Å²) in [6.45, 7) is 0. The molecule has 0 aliphatic rings. The van der Waals surface area contributed by atoms with Crippen LogP contribution in [-0.2, 0) is 0 Å². The standard InChI is InChI=1S/C16H13NO3/c1-19-12-8-6-11(7-9-12)16-10-14(17-18)13-4-2-3-5-15(13)20-16/h2-10,18H,1H3/b17-14+. The summed E-state index contributed by atoms with van der Waals surface area (Å²) in [5.41, 5.74) is 1.56. The van der Waals surface area contributed by atoms with Gasteiger partial charge in [-0.15, -0.1) is 0 Å². The van der Waals surface area contributed by atoms with E-state index < -0.39 is 0 Å². The predicted octanol–water partition coefficient (Wildman–Crippen LogP) is 3.40. The van der Waals surface area contributed by atoms with E-state index in [4.69, 9.17) is 14.4 Å². The van der Waals surface area contributed by atoms with Crippen LogP contribution in [0.2, 0.25) is 0 Å². The number of fused-ring (bicyclic) bond motifs is 1. The molecule has 0 aliphatic carbocycles. The Hall–Kier alpha value is -2.75. The number of nitrogens with zero attached hydrogens (tertiary/aromatic N) is 1. The zero-order chi connectivity index (χ0) is 13.9. The molecule has 20 heavy (non-hydrogen) atoms. The Morgan fingerprint density at radius 1 is 1.05 bits per heavy atom. The van der Waals surface area contributed by atoms with Crippen molar-refractivity contribution in [3.63, 3.8) is 0 Å². The van der Waals surface area contributed by atoms with Gasteiger partial charge in [-0.05, 0) is 36.4 Å². The van der Waals surface area contributed by atoms with Gasteiger partial charge in [-0.2, -0.15) is 0 Å². The Kier molecular flexibility index (Phi) is 3.13. The average Bonchev–Trinajstić information content (AvgIpc) is 2.54. The second-order valence-corrected chi connectivity index (χ2v) is 4.32. The van der Waals surface area contributed by atoms with Crippen molar-refractivity contribution >= 4 is 11.0 Å². The molecule has 4 heteroatoms. The van der Waals surface area contributed by atoms with Crippen molar-refractivity contribution in [2.24, 2.45) is 5.16 Å². The van der Waals surface area contributed by atoms with Gasteiger partial charge in [0.1, 0.15) is 22.5 Å². The lowest BCUT2D eigenvalue weighted by atomic mass is 10.1. The fourth-order valence-corrected chi connectivity index (χ4v) is 2.10. The van der Waals surface area contributed by atoms with Crippen molar-refractivity contribution in [3.05, 3.63) is 60.0 Å². The minimum atomic E-state index is 0.484. The SMILES string of the molecule is COc1ccc(-c2c/c(=N\O)c3ccccc3o2)cc1. The number of para-hydroxylation sites is 1. The molecule has 0 radical (unpaired) electrons. The molecular weight excluding hydrogens is 254 g/mol. The third-order valence-corrected chi connectivity index (χ3v) is 3.13. The Bertz CT molecular complexity index is 804. The van der Waals surface area contributed by atoms with Crippen LogP contribution >= 0.6 is 0 Å². The maximum absolute atomic E-state index is 9.15. The van der Waals surface area contributed by atoms with Gasteiger partial charge < -0.3 is 14.4 Å². The van der Waals surface area contributed by atoms with Crippen LogP contribution in [0, 0.1) is 0 Å². The second kappa shape index (κ2) is 5.09. The van der Waals surface area contributed by atoms with Gasteiger partial charge in [0.05, 0.1) is 7.11 Å². The lowest BCUT2D eigenvalue weighted by Crippen LogP contribution is -2.02. The van der Waals surface area contributed by atoms with Crippen molar-refractivity contribution in [3.8, 4) is 17.1 Å². The number of hydrogen-bond donors (Lipinski definition) is 1. The maximum Gasteiger partial charge on any atom is 0.136 e. The first-order valence-corrected chi connectivity index (χ1v) is 6.17. The molecule has 0 bridgehead atoms. The first kappa shape index (κ1) is 12.3.